The van der Waals surface area contributed by atoms with Crippen LogP contribution in [0, 0.1) is 11.6 Å². The number of hydrogen-bond donors (Lipinski definition) is 2. The Balaban J connectivity index is 1.59. The summed E-state index contributed by atoms with van der Waals surface area (Å²) in [6.45, 7) is 2.85. The lowest BCUT2D eigenvalue weighted by molar-refractivity contribution is -0.126. The molecule has 0 aromatic heterocycles. The van der Waals surface area contributed by atoms with Crippen LogP contribution in [-0.4, -0.2) is 34.5 Å². The van der Waals surface area contributed by atoms with E-state index in [0.717, 1.165) is 11.6 Å². The third-order valence-corrected chi connectivity index (χ3v) is 4.87. The summed E-state index contributed by atoms with van der Waals surface area (Å²) in [5.41, 5.74) is 2.06. The molecule has 1 aliphatic heterocycles. The van der Waals surface area contributed by atoms with Gasteiger partial charge in [0.15, 0.2) is 0 Å². The Hall–Kier alpha value is -2.80. The van der Waals surface area contributed by atoms with Gasteiger partial charge in [-0.1, -0.05) is 12.1 Å². The Morgan fingerprint density at radius 1 is 1.22 bits per heavy atom. The Morgan fingerprint density at radius 3 is 2.59 bits per heavy atom. The van der Waals surface area contributed by atoms with Crippen LogP contribution < -0.4 is 5.32 Å². The van der Waals surface area contributed by atoms with E-state index in [1.54, 1.807) is 19.1 Å². The Kier molecular flexibility index (Phi) is 5.51. The van der Waals surface area contributed by atoms with Crippen molar-refractivity contribution in [3.05, 3.63) is 70.3 Å². The number of fused-ring (bicyclic) bond motifs is 1. The van der Waals surface area contributed by atoms with Gasteiger partial charge in [-0.25, -0.2) is 13.6 Å². The molecule has 7 heteroatoms. The number of aromatic carboxylic acids is 1. The van der Waals surface area contributed by atoms with Crippen molar-refractivity contribution >= 4 is 11.9 Å². The van der Waals surface area contributed by atoms with Crippen LogP contribution in [0.3, 0.4) is 0 Å². The number of halogens is 2. The molecule has 1 unspecified atom stereocenters. The average Bonchev–Trinajstić information content (AvgIpc) is 2.65. The zero-order valence-corrected chi connectivity index (χ0v) is 14.8. The molecule has 0 bridgehead atoms. The normalized spacial score (nSPS) is 15.1. The van der Waals surface area contributed by atoms with Gasteiger partial charge in [-0.2, -0.15) is 0 Å². The molecule has 0 saturated carbocycles. The second kappa shape index (κ2) is 7.84. The lowest BCUT2D eigenvalue weighted by Gasteiger charge is -2.33. The first kappa shape index (κ1) is 19.0. The fourth-order valence-electron chi connectivity index (χ4n) is 3.23. The van der Waals surface area contributed by atoms with E-state index >= 15 is 0 Å². The molecule has 0 fully saturated rings. The molecule has 0 saturated heterocycles. The van der Waals surface area contributed by atoms with Crippen molar-refractivity contribution < 1.29 is 23.5 Å². The fraction of sp³-hybridized carbons (Fsp3) is 0.300. The van der Waals surface area contributed by atoms with Gasteiger partial charge in [0.05, 0.1) is 11.6 Å². The highest BCUT2D eigenvalue weighted by Crippen LogP contribution is 2.24. The molecule has 2 N–H and O–H groups in total. The maximum atomic E-state index is 13.8. The summed E-state index contributed by atoms with van der Waals surface area (Å²) in [6.07, 6.45) is 0.426. The summed E-state index contributed by atoms with van der Waals surface area (Å²) in [5.74, 6) is -2.35. The quantitative estimate of drug-likeness (QED) is 0.844. The third-order valence-electron chi connectivity index (χ3n) is 4.87. The highest BCUT2D eigenvalue weighted by Gasteiger charge is 2.27. The van der Waals surface area contributed by atoms with Crippen molar-refractivity contribution in [2.75, 3.05) is 6.54 Å². The summed E-state index contributed by atoms with van der Waals surface area (Å²) in [4.78, 5) is 25.2. The van der Waals surface area contributed by atoms with Crippen LogP contribution >= 0.6 is 0 Å². The van der Waals surface area contributed by atoms with E-state index in [-0.39, 0.29) is 18.0 Å². The number of rotatable bonds is 5. The molecular formula is C20H20F2N2O3. The number of nitrogens with zero attached hydrogens (tertiary/aromatic N) is 1. The van der Waals surface area contributed by atoms with E-state index < -0.39 is 23.6 Å². The van der Waals surface area contributed by atoms with Gasteiger partial charge in [-0.05, 0) is 48.2 Å². The molecule has 27 heavy (non-hydrogen) atoms. The highest BCUT2D eigenvalue weighted by atomic mass is 19.1. The van der Waals surface area contributed by atoms with Crippen molar-refractivity contribution in [2.45, 2.75) is 32.5 Å². The number of carboxylic acid groups (broad SMARTS) is 1. The van der Waals surface area contributed by atoms with Gasteiger partial charge in [-0.3, -0.25) is 9.69 Å². The monoisotopic (exact) mass is 374 g/mol. The number of nitrogens with one attached hydrogen (secondary N) is 1. The molecule has 0 spiro atoms. The van der Waals surface area contributed by atoms with Crippen LogP contribution in [-0.2, 0) is 24.3 Å². The molecule has 0 aliphatic carbocycles. The highest BCUT2D eigenvalue weighted by molar-refractivity contribution is 5.87. The number of amides is 1. The molecule has 1 heterocycles. The Bertz CT molecular complexity index is 868. The number of carbonyl (C=O) groups excluding carboxylic acids is 1. The molecule has 142 valence electrons. The number of carbonyl (C=O) groups is 2. The summed E-state index contributed by atoms with van der Waals surface area (Å²) in [6, 6.07) is 8.02. The minimum absolute atomic E-state index is 0.185. The third kappa shape index (κ3) is 4.31. The van der Waals surface area contributed by atoms with Crippen molar-refractivity contribution in [1.82, 2.24) is 10.2 Å². The van der Waals surface area contributed by atoms with Gasteiger partial charge in [0.25, 0.3) is 0 Å². The lowest BCUT2D eigenvalue weighted by Crippen LogP contribution is -2.47. The topological polar surface area (TPSA) is 69.6 Å². The van der Waals surface area contributed by atoms with Crippen LogP contribution in [0.1, 0.15) is 34.0 Å². The van der Waals surface area contributed by atoms with Crippen molar-refractivity contribution in [3.8, 4) is 0 Å². The van der Waals surface area contributed by atoms with Gasteiger partial charge in [-0.15, -0.1) is 0 Å². The second-order valence-corrected chi connectivity index (χ2v) is 6.64. The maximum absolute atomic E-state index is 13.8. The first-order chi connectivity index (χ1) is 12.8. The zero-order valence-electron chi connectivity index (χ0n) is 14.8. The molecule has 0 radical (unpaired) electrons. The average molecular weight is 374 g/mol. The van der Waals surface area contributed by atoms with Gasteiger partial charge in [0.2, 0.25) is 5.91 Å². The Labute approximate surface area is 155 Å². The predicted octanol–water partition coefficient (Wildman–Crippen LogP) is 2.73. The molecule has 5 nitrogen and oxygen atoms in total. The minimum atomic E-state index is -1.00. The second-order valence-electron chi connectivity index (χ2n) is 6.64. The molecule has 2 aromatic rings. The van der Waals surface area contributed by atoms with E-state index in [4.69, 9.17) is 5.11 Å². The van der Waals surface area contributed by atoms with Gasteiger partial charge >= 0.3 is 5.97 Å². The first-order valence-corrected chi connectivity index (χ1v) is 8.66. The summed E-state index contributed by atoms with van der Waals surface area (Å²) >= 11 is 0. The van der Waals surface area contributed by atoms with Crippen molar-refractivity contribution in [1.29, 1.82) is 0 Å². The summed E-state index contributed by atoms with van der Waals surface area (Å²) in [7, 11) is 0. The molecule has 1 atom stereocenters. The number of benzene rings is 2. The first-order valence-electron chi connectivity index (χ1n) is 8.66. The van der Waals surface area contributed by atoms with Gasteiger partial charge in [0, 0.05) is 25.7 Å². The van der Waals surface area contributed by atoms with E-state index in [9.17, 15) is 18.4 Å². The molecule has 1 amide bonds. The van der Waals surface area contributed by atoms with Crippen LogP contribution in [0.15, 0.2) is 36.4 Å². The van der Waals surface area contributed by atoms with E-state index in [1.807, 2.05) is 4.90 Å². The van der Waals surface area contributed by atoms with Crippen molar-refractivity contribution in [2.24, 2.45) is 0 Å². The van der Waals surface area contributed by atoms with Crippen LogP contribution in [0.25, 0.3) is 0 Å². The molecule has 2 aromatic carbocycles. The lowest BCUT2D eigenvalue weighted by atomic mass is 9.97. The van der Waals surface area contributed by atoms with Crippen molar-refractivity contribution in [3.63, 3.8) is 0 Å². The Morgan fingerprint density at radius 2 is 1.93 bits per heavy atom. The molecular weight excluding hydrogens is 354 g/mol. The maximum Gasteiger partial charge on any atom is 0.335 e. The van der Waals surface area contributed by atoms with E-state index in [2.05, 4.69) is 5.32 Å². The smallest absolute Gasteiger partial charge is 0.335 e. The van der Waals surface area contributed by atoms with Gasteiger partial charge < -0.3 is 10.4 Å². The van der Waals surface area contributed by atoms with E-state index in [0.29, 0.717) is 30.6 Å². The summed E-state index contributed by atoms with van der Waals surface area (Å²) < 4.78 is 27.3. The molecule has 1 aliphatic rings. The van der Waals surface area contributed by atoms with Crippen LogP contribution in [0.5, 0.6) is 0 Å². The zero-order chi connectivity index (χ0) is 19.6. The predicted molar refractivity (Wildman–Crippen MR) is 95.2 cm³/mol. The summed E-state index contributed by atoms with van der Waals surface area (Å²) in [5, 5.41) is 11.7. The SMILES string of the molecule is CC(C(=O)NCc1ccc(C(=O)O)cc1)N1CCc2c(F)cc(F)cc2C1. The standard InChI is InChI=1S/C20H20F2N2O3/c1-12(19(25)23-10-13-2-4-14(5-3-13)20(26)27)24-7-6-17-15(11-24)8-16(21)9-18(17)22/h2-5,8-9,12H,6-7,10-11H2,1H3,(H,23,25)(H,26,27). The van der Waals surface area contributed by atoms with Gasteiger partial charge in [0.1, 0.15) is 11.6 Å². The number of carboxylic acids is 1. The largest absolute Gasteiger partial charge is 0.478 e. The van der Waals surface area contributed by atoms with Crippen LogP contribution in [0.4, 0.5) is 8.78 Å². The minimum Gasteiger partial charge on any atom is -0.478 e. The fourth-order valence-corrected chi connectivity index (χ4v) is 3.23. The van der Waals surface area contributed by atoms with E-state index in [1.165, 1.54) is 18.2 Å². The molecule has 3 rings (SSSR count). The van der Waals surface area contributed by atoms with Crippen LogP contribution in [0.2, 0.25) is 0 Å². The number of hydrogen-bond acceptors (Lipinski definition) is 3.